The van der Waals surface area contributed by atoms with Gasteiger partial charge in [-0.3, -0.25) is 20.2 Å². The van der Waals surface area contributed by atoms with Crippen molar-refractivity contribution in [3.63, 3.8) is 0 Å². The van der Waals surface area contributed by atoms with Gasteiger partial charge in [0.25, 0.3) is 5.69 Å². The van der Waals surface area contributed by atoms with Gasteiger partial charge in [-0.25, -0.2) is 4.98 Å². The highest BCUT2D eigenvalue weighted by Crippen LogP contribution is 2.33. The number of nitro benzene ring substituents is 1. The van der Waals surface area contributed by atoms with E-state index in [2.05, 4.69) is 34.0 Å². The molecule has 0 atom stereocenters. The van der Waals surface area contributed by atoms with E-state index < -0.39 is 0 Å². The van der Waals surface area contributed by atoms with Crippen LogP contribution in [-0.4, -0.2) is 30.8 Å². The number of aryl methyl sites for hydroxylation is 1. The Labute approximate surface area is 155 Å². The molecule has 8 heteroatoms. The number of thioether (sulfide) groups is 1. The van der Waals surface area contributed by atoms with Crippen LogP contribution < -0.4 is 0 Å². The molecular formula is C18H19N5O2S. The van der Waals surface area contributed by atoms with Crippen molar-refractivity contribution in [2.45, 2.75) is 25.7 Å². The molecule has 0 saturated carbocycles. The fourth-order valence-electron chi connectivity index (χ4n) is 2.39. The minimum absolute atomic E-state index is 0.0826. The van der Waals surface area contributed by atoms with Crippen LogP contribution in [0, 0.1) is 23.0 Å². The van der Waals surface area contributed by atoms with Crippen LogP contribution in [0.3, 0.4) is 0 Å². The Morgan fingerprint density at radius 1 is 1.23 bits per heavy atom. The van der Waals surface area contributed by atoms with E-state index in [-0.39, 0.29) is 10.6 Å². The minimum Gasteiger partial charge on any atom is -0.262 e. The van der Waals surface area contributed by atoms with Gasteiger partial charge in [0.1, 0.15) is 0 Å². The lowest BCUT2D eigenvalue weighted by molar-refractivity contribution is -0.387. The number of rotatable bonds is 6. The third-order valence-electron chi connectivity index (χ3n) is 3.64. The van der Waals surface area contributed by atoms with Gasteiger partial charge >= 0.3 is 0 Å². The fourth-order valence-corrected chi connectivity index (χ4v) is 3.35. The number of hydrogen-bond acceptors (Lipinski definition) is 6. The molecule has 2 aromatic heterocycles. The maximum Gasteiger partial charge on any atom is 0.283 e. The van der Waals surface area contributed by atoms with Crippen molar-refractivity contribution in [3.05, 3.63) is 52.3 Å². The number of nitrogens with zero attached hydrogens (tertiary/aromatic N) is 4. The first-order valence-electron chi connectivity index (χ1n) is 8.21. The van der Waals surface area contributed by atoms with Gasteiger partial charge in [0.2, 0.25) is 0 Å². The number of nitro groups is 1. The summed E-state index contributed by atoms with van der Waals surface area (Å²) in [6, 6.07) is 8.87. The first-order chi connectivity index (χ1) is 12.4. The van der Waals surface area contributed by atoms with Gasteiger partial charge in [-0.2, -0.15) is 5.10 Å². The second kappa shape index (κ2) is 7.65. The van der Waals surface area contributed by atoms with E-state index in [4.69, 9.17) is 0 Å². The van der Waals surface area contributed by atoms with E-state index in [1.54, 1.807) is 12.3 Å². The lowest BCUT2D eigenvalue weighted by Crippen LogP contribution is -1.95. The number of hydrogen-bond donors (Lipinski definition) is 1. The van der Waals surface area contributed by atoms with Crippen LogP contribution in [0.5, 0.6) is 0 Å². The molecule has 1 N–H and O–H groups in total. The Balaban J connectivity index is 1.92. The zero-order chi connectivity index (χ0) is 18.7. The molecule has 0 spiro atoms. The molecule has 0 unspecified atom stereocenters. The zero-order valence-corrected chi connectivity index (χ0v) is 15.6. The van der Waals surface area contributed by atoms with Crippen molar-refractivity contribution < 1.29 is 4.92 Å². The summed E-state index contributed by atoms with van der Waals surface area (Å²) in [6.45, 7) is 6.07. The van der Waals surface area contributed by atoms with Crippen LogP contribution in [0.1, 0.15) is 19.5 Å². The summed E-state index contributed by atoms with van der Waals surface area (Å²) in [6.07, 6.45) is 1.71. The van der Waals surface area contributed by atoms with Gasteiger partial charge in [-0.05, 0) is 37.1 Å². The van der Waals surface area contributed by atoms with Crippen LogP contribution in [0.25, 0.3) is 22.8 Å². The highest BCUT2D eigenvalue weighted by molar-refractivity contribution is 7.99. The molecule has 0 amide bonds. The third-order valence-corrected chi connectivity index (χ3v) is 5.13. The first kappa shape index (κ1) is 18.1. The van der Waals surface area contributed by atoms with Crippen LogP contribution in [0.15, 0.2) is 41.4 Å². The third kappa shape index (κ3) is 4.08. The van der Waals surface area contributed by atoms with Crippen LogP contribution >= 0.6 is 11.8 Å². The largest absolute Gasteiger partial charge is 0.283 e. The van der Waals surface area contributed by atoms with E-state index in [1.165, 1.54) is 17.8 Å². The summed E-state index contributed by atoms with van der Waals surface area (Å²) < 4.78 is 0. The summed E-state index contributed by atoms with van der Waals surface area (Å²) in [5, 5.41) is 18.5. The number of H-pyrrole nitrogens is 1. The topological polar surface area (TPSA) is 97.6 Å². The SMILES string of the molecule is Cc1cc(-c2nc(-c3ccc(SCC(C)C)c([N+](=O)[O-])c3)n[nH]2)ccn1. The Morgan fingerprint density at radius 2 is 2.04 bits per heavy atom. The smallest absolute Gasteiger partial charge is 0.262 e. The minimum atomic E-state index is -0.355. The normalized spacial score (nSPS) is 11.1. The average molecular weight is 369 g/mol. The van der Waals surface area contributed by atoms with E-state index in [0.29, 0.717) is 28.0 Å². The molecule has 0 saturated heterocycles. The summed E-state index contributed by atoms with van der Waals surface area (Å²) in [5.74, 6) is 2.31. The van der Waals surface area contributed by atoms with Gasteiger partial charge in [0.15, 0.2) is 11.6 Å². The van der Waals surface area contributed by atoms with Crippen molar-refractivity contribution >= 4 is 17.4 Å². The number of pyridine rings is 1. The fraction of sp³-hybridized carbons (Fsp3) is 0.278. The molecule has 0 radical (unpaired) electrons. The monoisotopic (exact) mass is 369 g/mol. The maximum absolute atomic E-state index is 11.5. The van der Waals surface area contributed by atoms with Crippen molar-refractivity contribution in [2.75, 3.05) is 5.75 Å². The van der Waals surface area contributed by atoms with Crippen molar-refractivity contribution in [2.24, 2.45) is 5.92 Å². The van der Waals surface area contributed by atoms with Gasteiger partial charge < -0.3 is 0 Å². The van der Waals surface area contributed by atoms with E-state index in [9.17, 15) is 10.1 Å². The molecule has 134 valence electrons. The lowest BCUT2D eigenvalue weighted by Gasteiger charge is -2.06. The molecule has 0 aliphatic rings. The maximum atomic E-state index is 11.5. The Morgan fingerprint density at radius 3 is 2.73 bits per heavy atom. The van der Waals surface area contributed by atoms with E-state index in [0.717, 1.165) is 17.0 Å². The number of benzene rings is 1. The lowest BCUT2D eigenvalue weighted by atomic mass is 10.2. The summed E-state index contributed by atoms with van der Waals surface area (Å²) in [5.41, 5.74) is 2.44. The van der Waals surface area contributed by atoms with Crippen molar-refractivity contribution in [1.29, 1.82) is 0 Å². The van der Waals surface area contributed by atoms with Gasteiger partial charge in [0.05, 0.1) is 9.82 Å². The first-order valence-corrected chi connectivity index (χ1v) is 9.19. The van der Waals surface area contributed by atoms with Gasteiger partial charge in [-0.1, -0.05) is 13.8 Å². The van der Waals surface area contributed by atoms with Gasteiger partial charge in [-0.15, -0.1) is 11.8 Å². The Bertz CT molecular complexity index is 939. The molecule has 0 aliphatic heterocycles. The number of nitrogens with one attached hydrogen (secondary N) is 1. The summed E-state index contributed by atoms with van der Waals surface area (Å²) in [7, 11) is 0. The molecule has 26 heavy (non-hydrogen) atoms. The Hall–Kier alpha value is -2.74. The molecule has 3 aromatic rings. The summed E-state index contributed by atoms with van der Waals surface area (Å²) >= 11 is 1.49. The summed E-state index contributed by atoms with van der Waals surface area (Å²) in [4.78, 5) is 20.4. The molecule has 7 nitrogen and oxygen atoms in total. The number of aromatic nitrogens is 4. The molecule has 2 heterocycles. The molecule has 1 aromatic carbocycles. The molecule has 0 aliphatic carbocycles. The number of aromatic amines is 1. The Kier molecular flexibility index (Phi) is 5.32. The van der Waals surface area contributed by atoms with E-state index in [1.807, 2.05) is 25.1 Å². The second-order valence-electron chi connectivity index (χ2n) is 6.34. The second-order valence-corrected chi connectivity index (χ2v) is 7.40. The molecule has 3 rings (SSSR count). The van der Waals surface area contributed by atoms with Crippen molar-refractivity contribution in [3.8, 4) is 22.8 Å². The molecule has 0 bridgehead atoms. The van der Waals surface area contributed by atoms with Crippen molar-refractivity contribution in [1.82, 2.24) is 20.2 Å². The van der Waals surface area contributed by atoms with Crippen LogP contribution in [0.4, 0.5) is 5.69 Å². The van der Waals surface area contributed by atoms with E-state index >= 15 is 0 Å². The predicted octanol–water partition coefficient (Wildman–Crippen LogP) is 4.50. The molecular weight excluding hydrogens is 350 g/mol. The predicted molar refractivity (Wildman–Crippen MR) is 102 cm³/mol. The van der Waals surface area contributed by atoms with Crippen LogP contribution in [0.2, 0.25) is 0 Å². The molecule has 0 fully saturated rings. The highest BCUT2D eigenvalue weighted by Gasteiger charge is 2.18. The highest BCUT2D eigenvalue weighted by atomic mass is 32.2. The van der Waals surface area contributed by atoms with Crippen LogP contribution in [-0.2, 0) is 0 Å². The quantitative estimate of drug-likeness (QED) is 0.390. The zero-order valence-electron chi connectivity index (χ0n) is 14.8. The average Bonchev–Trinajstić information content (AvgIpc) is 3.10. The van der Waals surface area contributed by atoms with Gasteiger partial charge in [0, 0.05) is 34.8 Å². The standard InChI is InChI=1S/C18H19N5O2S/c1-11(2)10-26-16-5-4-13(9-15(16)23(24)25)17-20-18(22-21-17)14-6-7-19-12(3)8-14/h4-9,11H,10H2,1-3H3,(H,20,21,22).